The molecular weight excluding hydrogens is 364 g/mol. The molecule has 1 saturated heterocycles. The summed E-state index contributed by atoms with van der Waals surface area (Å²) >= 11 is 0. The Balaban J connectivity index is 1.40. The highest BCUT2D eigenvalue weighted by molar-refractivity contribution is 5.69. The highest BCUT2D eigenvalue weighted by Crippen LogP contribution is 2.20. The van der Waals surface area contributed by atoms with Crippen LogP contribution >= 0.6 is 0 Å². The predicted molar refractivity (Wildman–Crippen MR) is 115 cm³/mol. The number of rotatable bonds is 10. The minimum absolute atomic E-state index is 0.119. The number of carboxylic acid groups (broad SMARTS) is 1. The van der Waals surface area contributed by atoms with Gasteiger partial charge in [0.25, 0.3) is 0 Å². The van der Waals surface area contributed by atoms with E-state index in [0.29, 0.717) is 6.04 Å². The molecule has 2 aromatic rings. The lowest BCUT2D eigenvalue weighted by atomic mass is 10.0. The summed E-state index contributed by atoms with van der Waals surface area (Å²) in [5.41, 5.74) is 2.62. The van der Waals surface area contributed by atoms with Gasteiger partial charge in [0.2, 0.25) is 0 Å². The van der Waals surface area contributed by atoms with E-state index in [9.17, 15) is 4.79 Å². The summed E-state index contributed by atoms with van der Waals surface area (Å²) in [5.74, 6) is 0.183. The fraction of sp³-hybridized carbons (Fsp3) is 0.458. The van der Waals surface area contributed by atoms with Gasteiger partial charge in [0.15, 0.2) is 0 Å². The van der Waals surface area contributed by atoms with Crippen LogP contribution in [0.25, 0.3) is 0 Å². The van der Waals surface area contributed by atoms with Gasteiger partial charge in [0.05, 0.1) is 13.2 Å². The van der Waals surface area contributed by atoms with Gasteiger partial charge in [-0.15, -0.1) is 0 Å². The third-order valence-electron chi connectivity index (χ3n) is 5.59. The Morgan fingerprint density at radius 3 is 2.55 bits per heavy atom. The van der Waals surface area contributed by atoms with Gasteiger partial charge >= 0.3 is 5.97 Å². The highest BCUT2D eigenvalue weighted by atomic mass is 16.5. The van der Waals surface area contributed by atoms with E-state index in [0.717, 1.165) is 57.7 Å². The van der Waals surface area contributed by atoms with E-state index < -0.39 is 5.97 Å². The molecule has 0 aliphatic carbocycles. The molecule has 156 valence electrons. The van der Waals surface area contributed by atoms with Crippen molar-refractivity contribution in [2.24, 2.45) is 0 Å². The first kappa shape index (κ1) is 21.3. The third-order valence-corrected chi connectivity index (χ3v) is 5.59. The van der Waals surface area contributed by atoms with Crippen LogP contribution in [-0.4, -0.2) is 60.2 Å². The van der Waals surface area contributed by atoms with Crippen molar-refractivity contribution in [3.05, 3.63) is 65.7 Å². The van der Waals surface area contributed by atoms with Crippen molar-refractivity contribution < 1.29 is 14.6 Å². The summed E-state index contributed by atoms with van der Waals surface area (Å²) in [4.78, 5) is 15.3. The number of hydrogen-bond acceptors (Lipinski definition) is 4. The number of carboxylic acids is 1. The normalized spacial score (nSPS) is 15.5. The molecule has 0 bridgehead atoms. The molecule has 0 spiro atoms. The van der Waals surface area contributed by atoms with Crippen molar-refractivity contribution in [1.29, 1.82) is 0 Å². The number of hydrogen-bond donors (Lipinski definition) is 1. The van der Waals surface area contributed by atoms with Crippen LogP contribution in [0.4, 0.5) is 0 Å². The maximum atomic E-state index is 10.9. The van der Waals surface area contributed by atoms with Crippen LogP contribution in [0.3, 0.4) is 0 Å². The minimum atomic E-state index is -0.754. The molecule has 1 aliphatic heterocycles. The maximum Gasteiger partial charge on any atom is 0.317 e. The Labute approximate surface area is 173 Å². The first-order valence-electron chi connectivity index (χ1n) is 10.5. The second-order valence-electron chi connectivity index (χ2n) is 7.90. The SMILES string of the molecule is CN(CC(=O)O)C1CCN(Cc2cccc(OCCCc3ccccc3)c2)CC1. The first-order chi connectivity index (χ1) is 14.1. The lowest BCUT2D eigenvalue weighted by molar-refractivity contribution is -0.138. The number of likely N-dealkylation sites (tertiary alicyclic amines) is 1. The highest BCUT2D eigenvalue weighted by Gasteiger charge is 2.23. The molecule has 1 heterocycles. The van der Waals surface area contributed by atoms with Gasteiger partial charge in [-0.1, -0.05) is 42.5 Å². The first-order valence-corrected chi connectivity index (χ1v) is 10.5. The molecule has 0 amide bonds. The average molecular weight is 397 g/mol. The van der Waals surface area contributed by atoms with Crippen LogP contribution in [0.1, 0.15) is 30.4 Å². The third kappa shape index (κ3) is 7.18. The summed E-state index contributed by atoms with van der Waals surface area (Å²) in [6, 6.07) is 19.3. The van der Waals surface area contributed by atoms with Gasteiger partial charge in [-0.3, -0.25) is 14.6 Å². The van der Waals surface area contributed by atoms with Crippen molar-refractivity contribution in [1.82, 2.24) is 9.80 Å². The molecule has 1 fully saturated rings. The molecule has 29 heavy (non-hydrogen) atoms. The van der Waals surface area contributed by atoms with Crippen LogP contribution in [-0.2, 0) is 17.8 Å². The van der Waals surface area contributed by atoms with Crippen LogP contribution in [0.5, 0.6) is 5.75 Å². The molecule has 5 nitrogen and oxygen atoms in total. The van der Waals surface area contributed by atoms with E-state index in [1.54, 1.807) is 0 Å². The Kier molecular flexibility index (Phi) is 8.08. The van der Waals surface area contributed by atoms with E-state index in [1.807, 2.05) is 24.1 Å². The summed E-state index contributed by atoms with van der Waals surface area (Å²) in [6.45, 7) is 3.75. The summed E-state index contributed by atoms with van der Waals surface area (Å²) in [5, 5.41) is 8.96. The summed E-state index contributed by atoms with van der Waals surface area (Å²) < 4.78 is 5.96. The predicted octanol–water partition coefficient (Wildman–Crippen LogP) is 3.68. The summed E-state index contributed by atoms with van der Waals surface area (Å²) in [7, 11) is 1.91. The Morgan fingerprint density at radius 1 is 1.10 bits per heavy atom. The molecule has 0 unspecified atom stereocenters. The number of benzene rings is 2. The molecule has 0 atom stereocenters. The van der Waals surface area contributed by atoms with Crippen molar-refractivity contribution in [3.63, 3.8) is 0 Å². The van der Waals surface area contributed by atoms with Gasteiger partial charge in [-0.25, -0.2) is 0 Å². The topological polar surface area (TPSA) is 53.0 Å². The Bertz CT molecular complexity index is 758. The zero-order valence-electron chi connectivity index (χ0n) is 17.3. The van der Waals surface area contributed by atoms with E-state index in [1.165, 1.54) is 11.1 Å². The van der Waals surface area contributed by atoms with Gasteiger partial charge in [-0.2, -0.15) is 0 Å². The zero-order valence-corrected chi connectivity index (χ0v) is 17.3. The molecule has 1 N–H and O–H groups in total. The van der Waals surface area contributed by atoms with Crippen molar-refractivity contribution in [2.75, 3.05) is 33.3 Å². The molecule has 3 rings (SSSR count). The number of likely N-dealkylation sites (N-methyl/N-ethyl adjacent to an activating group) is 1. The van der Waals surface area contributed by atoms with Crippen molar-refractivity contribution >= 4 is 5.97 Å². The minimum Gasteiger partial charge on any atom is -0.494 e. The number of aryl methyl sites for hydroxylation is 1. The van der Waals surface area contributed by atoms with Crippen molar-refractivity contribution in [3.8, 4) is 5.75 Å². The Hall–Kier alpha value is -2.37. The molecule has 0 saturated carbocycles. The number of nitrogens with zero attached hydrogens (tertiary/aromatic N) is 2. The van der Waals surface area contributed by atoms with Gasteiger partial charge in [0, 0.05) is 12.6 Å². The fourth-order valence-corrected chi connectivity index (χ4v) is 3.96. The van der Waals surface area contributed by atoms with E-state index >= 15 is 0 Å². The molecule has 1 aliphatic rings. The van der Waals surface area contributed by atoms with Crippen LogP contribution < -0.4 is 4.74 Å². The molecule has 0 radical (unpaired) electrons. The van der Waals surface area contributed by atoms with E-state index in [4.69, 9.17) is 9.84 Å². The molecule has 2 aromatic carbocycles. The second-order valence-corrected chi connectivity index (χ2v) is 7.90. The lowest BCUT2D eigenvalue weighted by Gasteiger charge is -2.36. The standard InChI is InChI=1S/C24H32N2O3/c1-25(19-24(27)28)22-12-14-26(15-13-22)18-21-9-5-11-23(17-21)29-16-6-10-20-7-3-2-4-8-20/h2-5,7-9,11,17,22H,6,10,12-16,18-19H2,1H3,(H,27,28). The quantitative estimate of drug-likeness (QED) is 0.621. The van der Waals surface area contributed by atoms with Crippen LogP contribution in [0, 0.1) is 0 Å². The van der Waals surface area contributed by atoms with Crippen LogP contribution in [0.2, 0.25) is 0 Å². The van der Waals surface area contributed by atoms with E-state index in [2.05, 4.69) is 47.4 Å². The van der Waals surface area contributed by atoms with Gasteiger partial charge in [-0.05, 0) is 69.1 Å². The smallest absolute Gasteiger partial charge is 0.317 e. The fourth-order valence-electron chi connectivity index (χ4n) is 3.96. The monoisotopic (exact) mass is 396 g/mol. The number of piperidine rings is 1. The largest absolute Gasteiger partial charge is 0.494 e. The maximum absolute atomic E-state index is 10.9. The number of carbonyl (C=O) groups is 1. The molecule has 0 aromatic heterocycles. The number of ether oxygens (including phenoxy) is 1. The van der Waals surface area contributed by atoms with E-state index in [-0.39, 0.29) is 6.54 Å². The average Bonchev–Trinajstić information content (AvgIpc) is 2.72. The second kappa shape index (κ2) is 11.0. The van der Waals surface area contributed by atoms with Crippen molar-refractivity contribution in [2.45, 2.75) is 38.3 Å². The molecular formula is C24H32N2O3. The lowest BCUT2D eigenvalue weighted by Crippen LogP contribution is -2.44. The van der Waals surface area contributed by atoms with Gasteiger partial charge in [0.1, 0.15) is 5.75 Å². The zero-order chi connectivity index (χ0) is 20.5. The Morgan fingerprint density at radius 2 is 1.83 bits per heavy atom. The number of aliphatic carboxylic acids is 1. The van der Waals surface area contributed by atoms with Crippen LogP contribution in [0.15, 0.2) is 54.6 Å². The van der Waals surface area contributed by atoms with Gasteiger partial charge < -0.3 is 9.84 Å². The molecule has 5 heteroatoms. The summed E-state index contributed by atoms with van der Waals surface area (Å²) in [6.07, 6.45) is 4.07.